The molecular weight excluding hydrogens is 463 g/mol. The first kappa shape index (κ1) is 22.1. The third kappa shape index (κ3) is 3.92. The summed E-state index contributed by atoms with van der Waals surface area (Å²) < 4.78 is 15.3. The molecule has 0 aliphatic carbocycles. The monoisotopic (exact) mass is 486 g/mol. The largest absolute Gasteiger partial charge is 0.351 e. The zero-order valence-corrected chi connectivity index (χ0v) is 19.4. The minimum atomic E-state index is -0.441. The third-order valence-corrected chi connectivity index (χ3v) is 6.70. The number of carbonyl (C=O) groups excluding carboxylic acids is 2. The summed E-state index contributed by atoms with van der Waals surface area (Å²) in [6.07, 6.45) is 1.63. The highest BCUT2D eigenvalue weighted by Gasteiger charge is 2.38. The molecule has 2 amide bonds. The molecule has 2 aromatic carbocycles. The maximum Gasteiger partial charge on any atom is 0.228 e. The fourth-order valence-corrected chi connectivity index (χ4v) is 4.87. The normalized spacial score (nSPS) is 18.3. The van der Waals surface area contributed by atoms with Crippen molar-refractivity contribution in [2.75, 3.05) is 42.5 Å². The van der Waals surface area contributed by atoms with Gasteiger partial charge in [0.05, 0.1) is 11.6 Å². The van der Waals surface area contributed by atoms with E-state index in [0.717, 1.165) is 5.69 Å². The van der Waals surface area contributed by atoms with Crippen LogP contribution in [0.25, 0.3) is 16.9 Å². The highest BCUT2D eigenvalue weighted by atomic mass is 19.1. The lowest BCUT2D eigenvalue weighted by Gasteiger charge is -2.36. The van der Waals surface area contributed by atoms with Crippen LogP contribution in [0.2, 0.25) is 0 Å². The molecule has 11 heteroatoms. The quantitative estimate of drug-likeness (QED) is 0.435. The van der Waals surface area contributed by atoms with Crippen LogP contribution in [0.4, 0.5) is 15.9 Å². The van der Waals surface area contributed by atoms with Gasteiger partial charge in [-0.3, -0.25) is 9.59 Å². The predicted octanol–water partition coefficient (Wildman–Crippen LogP) is 2.05. The number of amides is 2. The Balaban J connectivity index is 1.14. The van der Waals surface area contributed by atoms with E-state index >= 15 is 0 Å². The van der Waals surface area contributed by atoms with Crippen molar-refractivity contribution < 1.29 is 14.0 Å². The number of anilines is 2. The summed E-state index contributed by atoms with van der Waals surface area (Å²) in [5, 5.41) is 8.61. The van der Waals surface area contributed by atoms with Crippen LogP contribution in [-0.4, -0.2) is 74.4 Å². The number of hydrogen-bond acceptors (Lipinski definition) is 7. The van der Waals surface area contributed by atoms with Gasteiger partial charge < -0.3 is 14.7 Å². The lowest BCUT2D eigenvalue weighted by molar-refractivity contribution is -0.136. The predicted molar refractivity (Wildman–Crippen MR) is 130 cm³/mol. The Kier molecular flexibility index (Phi) is 5.51. The summed E-state index contributed by atoms with van der Waals surface area (Å²) in [7, 11) is 0. The van der Waals surface area contributed by atoms with E-state index in [9.17, 15) is 14.0 Å². The van der Waals surface area contributed by atoms with Crippen LogP contribution in [0.5, 0.6) is 0 Å². The van der Waals surface area contributed by atoms with E-state index in [1.807, 2.05) is 30.3 Å². The molecule has 2 fully saturated rings. The Hall–Kier alpha value is -4.41. The fraction of sp³-hybridized carbons (Fsp3) is 0.280. The number of hydrogen-bond donors (Lipinski definition) is 0. The van der Waals surface area contributed by atoms with Crippen molar-refractivity contribution in [1.82, 2.24) is 29.9 Å². The molecule has 0 bridgehead atoms. The summed E-state index contributed by atoms with van der Waals surface area (Å²) in [5.74, 6) is -0.382. The molecule has 10 nitrogen and oxygen atoms in total. The highest BCUT2D eigenvalue weighted by Crippen LogP contribution is 2.28. The number of rotatable bonds is 4. The van der Waals surface area contributed by atoms with Gasteiger partial charge in [0.2, 0.25) is 11.8 Å². The average molecular weight is 487 g/mol. The van der Waals surface area contributed by atoms with E-state index in [1.165, 1.54) is 23.4 Å². The summed E-state index contributed by atoms with van der Waals surface area (Å²) in [6.45, 7) is 2.41. The molecule has 1 atom stereocenters. The van der Waals surface area contributed by atoms with Gasteiger partial charge in [0.25, 0.3) is 0 Å². The smallest absolute Gasteiger partial charge is 0.228 e. The standard InChI is InChI=1S/C25H23FN8O2/c26-18-5-4-8-20(14-18)33-15-17(13-21(33)35)25(36)32-11-9-31(10-12-32)23-22-24(28-16-27-23)34(30-29-22)19-6-2-1-3-7-19/h1-8,14,16-17H,9-13,15H2. The van der Waals surface area contributed by atoms with Gasteiger partial charge in [-0.2, -0.15) is 4.68 Å². The molecule has 2 aromatic heterocycles. The van der Waals surface area contributed by atoms with E-state index in [4.69, 9.17) is 0 Å². The molecule has 36 heavy (non-hydrogen) atoms. The number of halogens is 1. The number of aromatic nitrogens is 5. The molecule has 1 unspecified atom stereocenters. The Bertz CT molecular complexity index is 1430. The molecule has 4 aromatic rings. The average Bonchev–Trinajstić information content (AvgIpc) is 3.53. The second-order valence-corrected chi connectivity index (χ2v) is 8.90. The minimum Gasteiger partial charge on any atom is -0.351 e. The van der Waals surface area contributed by atoms with Gasteiger partial charge in [-0.1, -0.05) is 29.5 Å². The van der Waals surface area contributed by atoms with Crippen molar-refractivity contribution in [3.05, 3.63) is 66.7 Å². The molecule has 2 aliphatic heterocycles. The van der Waals surface area contributed by atoms with Crippen LogP contribution in [0, 0.1) is 11.7 Å². The molecule has 0 N–H and O–H groups in total. The molecule has 4 heterocycles. The number of fused-ring (bicyclic) bond motifs is 1. The first-order chi connectivity index (χ1) is 17.6. The summed E-state index contributed by atoms with van der Waals surface area (Å²) >= 11 is 0. The third-order valence-electron chi connectivity index (χ3n) is 6.70. The lowest BCUT2D eigenvalue weighted by Crippen LogP contribution is -2.51. The minimum absolute atomic E-state index is 0.0511. The van der Waals surface area contributed by atoms with Gasteiger partial charge in [0, 0.05) is 44.8 Å². The van der Waals surface area contributed by atoms with Gasteiger partial charge in [0.15, 0.2) is 17.0 Å². The molecule has 182 valence electrons. The summed E-state index contributed by atoms with van der Waals surface area (Å²) in [6, 6.07) is 15.6. The molecule has 2 saturated heterocycles. The molecule has 0 spiro atoms. The van der Waals surface area contributed by atoms with Gasteiger partial charge >= 0.3 is 0 Å². The van der Waals surface area contributed by atoms with Crippen molar-refractivity contribution in [3.63, 3.8) is 0 Å². The van der Waals surface area contributed by atoms with Gasteiger partial charge in [-0.25, -0.2) is 14.4 Å². The Morgan fingerprint density at radius 3 is 2.50 bits per heavy atom. The van der Waals surface area contributed by atoms with Crippen molar-refractivity contribution in [1.29, 1.82) is 0 Å². The molecule has 2 aliphatic rings. The molecule has 0 radical (unpaired) electrons. The Morgan fingerprint density at radius 1 is 0.944 bits per heavy atom. The van der Waals surface area contributed by atoms with Crippen LogP contribution in [-0.2, 0) is 9.59 Å². The number of benzene rings is 2. The number of nitrogens with zero attached hydrogens (tertiary/aromatic N) is 8. The first-order valence-electron chi connectivity index (χ1n) is 11.8. The van der Waals surface area contributed by atoms with Gasteiger partial charge in [-0.15, -0.1) is 5.10 Å². The van der Waals surface area contributed by atoms with E-state index in [0.29, 0.717) is 48.8 Å². The number of para-hydroxylation sites is 1. The van der Waals surface area contributed by atoms with Crippen molar-refractivity contribution >= 4 is 34.5 Å². The van der Waals surface area contributed by atoms with Crippen molar-refractivity contribution in [2.24, 2.45) is 5.92 Å². The topological polar surface area (TPSA) is 100 Å². The van der Waals surface area contributed by atoms with Crippen LogP contribution in [0.15, 0.2) is 60.9 Å². The Morgan fingerprint density at radius 2 is 1.72 bits per heavy atom. The SMILES string of the molecule is O=C(C1CC(=O)N(c2cccc(F)c2)C1)N1CCN(c2ncnc3c2nnn3-c2ccccc2)CC1. The zero-order chi connectivity index (χ0) is 24.6. The summed E-state index contributed by atoms with van der Waals surface area (Å²) in [5.41, 5.74) is 2.56. The van der Waals surface area contributed by atoms with Crippen LogP contribution in [0.1, 0.15) is 6.42 Å². The van der Waals surface area contributed by atoms with Gasteiger partial charge in [0.1, 0.15) is 12.1 Å². The number of piperazine rings is 1. The van der Waals surface area contributed by atoms with E-state index in [2.05, 4.69) is 25.2 Å². The Labute approximate surface area is 206 Å². The number of carbonyl (C=O) groups is 2. The lowest BCUT2D eigenvalue weighted by atomic mass is 10.1. The highest BCUT2D eigenvalue weighted by molar-refractivity contribution is 6.00. The van der Waals surface area contributed by atoms with Crippen molar-refractivity contribution in [3.8, 4) is 5.69 Å². The molecule has 6 rings (SSSR count). The maximum atomic E-state index is 13.6. The van der Waals surface area contributed by atoms with Crippen LogP contribution < -0.4 is 9.80 Å². The van der Waals surface area contributed by atoms with Crippen molar-refractivity contribution in [2.45, 2.75) is 6.42 Å². The zero-order valence-electron chi connectivity index (χ0n) is 19.4. The second kappa shape index (κ2) is 8.99. The van der Waals surface area contributed by atoms with E-state index in [-0.39, 0.29) is 24.8 Å². The van der Waals surface area contributed by atoms with Gasteiger partial charge in [-0.05, 0) is 30.3 Å². The second-order valence-electron chi connectivity index (χ2n) is 8.90. The fourth-order valence-electron chi connectivity index (χ4n) is 4.87. The van der Waals surface area contributed by atoms with Crippen LogP contribution in [0.3, 0.4) is 0 Å². The van der Waals surface area contributed by atoms with E-state index < -0.39 is 11.7 Å². The maximum absolute atomic E-state index is 13.6. The van der Waals surface area contributed by atoms with E-state index in [1.54, 1.807) is 21.7 Å². The first-order valence-corrected chi connectivity index (χ1v) is 11.8. The molecule has 0 saturated carbocycles. The summed E-state index contributed by atoms with van der Waals surface area (Å²) in [4.78, 5) is 40.0. The van der Waals surface area contributed by atoms with Crippen LogP contribution >= 0.6 is 0 Å². The molecular formula is C25H23FN8O2.